The number of benzene rings is 2. The monoisotopic (exact) mass is 313 g/mol. The number of amides is 1. The van der Waals surface area contributed by atoms with Crippen LogP contribution in [0.3, 0.4) is 0 Å². The van der Waals surface area contributed by atoms with Crippen LogP contribution in [0.1, 0.15) is 25.0 Å². The third-order valence-corrected chi connectivity index (χ3v) is 3.61. The SMILES string of the molecule is CC(C)(Cc1ccccc1)NC(=O)/C=C/c1ccccc1Cl. The fourth-order valence-electron chi connectivity index (χ4n) is 2.30. The van der Waals surface area contributed by atoms with Crippen LogP contribution < -0.4 is 5.32 Å². The Balaban J connectivity index is 1.97. The summed E-state index contributed by atoms with van der Waals surface area (Å²) in [5.41, 5.74) is 1.71. The van der Waals surface area contributed by atoms with Gasteiger partial charge in [0.05, 0.1) is 0 Å². The van der Waals surface area contributed by atoms with Gasteiger partial charge in [0, 0.05) is 16.6 Å². The summed E-state index contributed by atoms with van der Waals surface area (Å²) >= 11 is 6.07. The summed E-state index contributed by atoms with van der Waals surface area (Å²) in [6.07, 6.45) is 4.03. The number of hydrogen-bond acceptors (Lipinski definition) is 1. The van der Waals surface area contributed by atoms with E-state index in [9.17, 15) is 4.79 Å². The van der Waals surface area contributed by atoms with Crippen molar-refractivity contribution in [2.75, 3.05) is 0 Å². The van der Waals surface area contributed by atoms with E-state index in [1.165, 1.54) is 11.6 Å². The summed E-state index contributed by atoms with van der Waals surface area (Å²) in [6, 6.07) is 17.6. The molecule has 3 heteroatoms. The predicted octanol–water partition coefficient (Wildman–Crippen LogP) is 4.49. The smallest absolute Gasteiger partial charge is 0.244 e. The molecule has 0 atom stereocenters. The second kappa shape index (κ2) is 7.28. The van der Waals surface area contributed by atoms with Gasteiger partial charge in [0.1, 0.15) is 0 Å². The molecule has 0 heterocycles. The van der Waals surface area contributed by atoms with E-state index < -0.39 is 0 Å². The highest BCUT2D eigenvalue weighted by Gasteiger charge is 2.19. The van der Waals surface area contributed by atoms with Crippen LogP contribution in [0.5, 0.6) is 0 Å². The Hall–Kier alpha value is -2.06. The van der Waals surface area contributed by atoms with E-state index in [-0.39, 0.29) is 11.4 Å². The molecule has 0 aliphatic rings. The second-order valence-corrected chi connectivity index (χ2v) is 6.30. The van der Waals surface area contributed by atoms with Gasteiger partial charge < -0.3 is 5.32 Å². The molecule has 0 aliphatic carbocycles. The van der Waals surface area contributed by atoms with Crippen LogP contribution in [-0.4, -0.2) is 11.4 Å². The Kier molecular flexibility index (Phi) is 5.40. The molecule has 0 aliphatic heterocycles. The molecule has 0 saturated heterocycles. The highest BCUT2D eigenvalue weighted by molar-refractivity contribution is 6.32. The van der Waals surface area contributed by atoms with Crippen LogP contribution in [0.2, 0.25) is 5.02 Å². The van der Waals surface area contributed by atoms with Crippen molar-refractivity contribution in [1.29, 1.82) is 0 Å². The topological polar surface area (TPSA) is 29.1 Å². The molecule has 0 fully saturated rings. The first-order valence-electron chi connectivity index (χ1n) is 7.25. The highest BCUT2D eigenvalue weighted by Crippen LogP contribution is 2.16. The average Bonchev–Trinajstić information content (AvgIpc) is 2.46. The molecule has 1 N–H and O–H groups in total. The molecular weight excluding hydrogens is 294 g/mol. The van der Waals surface area contributed by atoms with Crippen molar-refractivity contribution < 1.29 is 4.79 Å². The standard InChI is InChI=1S/C19H20ClNO/c1-19(2,14-15-8-4-3-5-9-15)21-18(22)13-12-16-10-6-7-11-17(16)20/h3-13H,14H2,1-2H3,(H,21,22)/b13-12+. The lowest BCUT2D eigenvalue weighted by Gasteiger charge is -2.25. The first-order chi connectivity index (χ1) is 10.5. The first kappa shape index (κ1) is 16.3. The molecule has 114 valence electrons. The summed E-state index contributed by atoms with van der Waals surface area (Å²) in [5.74, 6) is -0.124. The molecular formula is C19H20ClNO. The highest BCUT2D eigenvalue weighted by atomic mass is 35.5. The largest absolute Gasteiger partial charge is 0.347 e. The molecule has 1 amide bonds. The fourth-order valence-corrected chi connectivity index (χ4v) is 2.50. The maximum atomic E-state index is 12.1. The van der Waals surface area contributed by atoms with Gasteiger partial charge in [-0.15, -0.1) is 0 Å². The maximum Gasteiger partial charge on any atom is 0.244 e. The molecule has 0 aromatic heterocycles. The van der Waals surface area contributed by atoms with Crippen molar-refractivity contribution in [1.82, 2.24) is 5.32 Å². The van der Waals surface area contributed by atoms with Crippen LogP contribution in [0.4, 0.5) is 0 Å². The quantitative estimate of drug-likeness (QED) is 0.810. The molecule has 2 rings (SSSR count). The molecule has 0 spiro atoms. The summed E-state index contributed by atoms with van der Waals surface area (Å²) in [6.45, 7) is 4.03. The van der Waals surface area contributed by atoms with Crippen molar-refractivity contribution in [3.8, 4) is 0 Å². The van der Waals surface area contributed by atoms with E-state index in [1.54, 1.807) is 12.1 Å². The minimum Gasteiger partial charge on any atom is -0.347 e. The van der Waals surface area contributed by atoms with Crippen LogP contribution in [0, 0.1) is 0 Å². The van der Waals surface area contributed by atoms with E-state index in [1.807, 2.05) is 50.2 Å². The van der Waals surface area contributed by atoms with Gasteiger partial charge in [0.15, 0.2) is 0 Å². The van der Waals surface area contributed by atoms with E-state index in [4.69, 9.17) is 11.6 Å². The maximum absolute atomic E-state index is 12.1. The lowest BCUT2D eigenvalue weighted by Crippen LogP contribution is -2.44. The van der Waals surface area contributed by atoms with Crippen LogP contribution in [0.25, 0.3) is 6.08 Å². The molecule has 0 radical (unpaired) electrons. The van der Waals surface area contributed by atoms with Gasteiger partial charge in [-0.3, -0.25) is 4.79 Å². The van der Waals surface area contributed by atoms with Gasteiger partial charge in [0.2, 0.25) is 5.91 Å². The molecule has 0 saturated carbocycles. The number of carbonyl (C=O) groups is 1. The van der Waals surface area contributed by atoms with Crippen molar-refractivity contribution in [2.45, 2.75) is 25.8 Å². The van der Waals surface area contributed by atoms with Gasteiger partial charge in [0.25, 0.3) is 0 Å². The summed E-state index contributed by atoms with van der Waals surface area (Å²) < 4.78 is 0. The van der Waals surface area contributed by atoms with E-state index >= 15 is 0 Å². The number of hydrogen-bond donors (Lipinski definition) is 1. The van der Waals surface area contributed by atoms with E-state index in [2.05, 4.69) is 17.4 Å². The third-order valence-electron chi connectivity index (χ3n) is 3.27. The van der Waals surface area contributed by atoms with Crippen molar-refractivity contribution >= 4 is 23.6 Å². The van der Waals surface area contributed by atoms with Crippen LogP contribution >= 0.6 is 11.6 Å². The van der Waals surface area contributed by atoms with Crippen LogP contribution in [0.15, 0.2) is 60.7 Å². The molecule has 22 heavy (non-hydrogen) atoms. The normalized spacial score (nSPS) is 11.6. The Morgan fingerprint density at radius 1 is 1.09 bits per heavy atom. The average molecular weight is 314 g/mol. The Labute approximate surface area is 136 Å². The Morgan fingerprint density at radius 3 is 2.41 bits per heavy atom. The van der Waals surface area contributed by atoms with Gasteiger partial charge >= 0.3 is 0 Å². The van der Waals surface area contributed by atoms with E-state index in [0.29, 0.717) is 5.02 Å². The van der Waals surface area contributed by atoms with Gasteiger partial charge in [-0.25, -0.2) is 0 Å². The number of carbonyl (C=O) groups excluding carboxylic acids is 1. The number of halogens is 1. The summed E-state index contributed by atoms with van der Waals surface area (Å²) in [7, 11) is 0. The van der Waals surface area contributed by atoms with Crippen molar-refractivity contribution in [3.05, 3.63) is 76.8 Å². The summed E-state index contributed by atoms with van der Waals surface area (Å²) in [5, 5.41) is 3.66. The molecule has 2 aromatic rings. The minimum atomic E-state index is -0.316. The lowest BCUT2D eigenvalue weighted by atomic mass is 9.95. The zero-order valence-electron chi connectivity index (χ0n) is 12.8. The predicted molar refractivity (Wildman–Crippen MR) is 92.9 cm³/mol. The molecule has 2 nitrogen and oxygen atoms in total. The number of nitrogens with one attached hydrogen (secondary N) is 1. The minimum absolute atomic E-state index is 0.124. The van der Waals surface area contributed by atoms with Gasteiger partial charge in [-0.1, -0.05) is 60.1 Å². The van der Waals surface area contributed by atoms with Gasteiger partial charge in [-0.2, -0.15) is 0 Å². The summed E-state index contributed by atoms with van der Waals surface area (Å²) in [4.78, 5) is 12.1. The lowest BCUT2D eigenvalue weighted by molar-refractivity contribution is -0.117. The number of rotatable bonds is 5. The zero-order chi connectivity index (χ0) is 16.0. The zero-order valence-corrected chi connectivity index (χ0v) is 13.6. The first-order valence-corrected chi connectivity index (χ1v) is 7.63. The Morgan fingerprint density at radius 2 is 1.73 bits per heavy atom. The molecule has 0 bridgehead atoms. The van der Waals surface area contributed by atoms with E-state index in [0.717, 1.165) is 12.0 Å². The van der Waals surface area contributed by atoms with Crippen LogP contribution in [-0.2, 0) is 11.2 Å². The third kappa shape index (κ3) is 5.05. The Bertz CT molecular complexity index is 662. The van der Waals surface area contributed by atoms with Crippen molar-refractivity contribution in [2.24, 2.45) is 0 Å². The molecule has 2 aromatic carbocycles. The van der Waals surface area contributed by atoms with Crippen molar-refractivity contribution in [3.63, 3.8) is 0 Å². The fraction of sp³-hybridized carbons (Fsp3) is 0.211. The molecule has 0 unspecified atom stereocenters. The van der Waals surface area contributed by atoms with Gasteiger partial charge in [-0.05, 0) is 43.5 Å². The second-order valence-electron chi connectivity index (χ2n) is 5.89.